The number of rotatable bonds is 3. The van der Waals surface area contributed by atoms with Crippen molar-refractivity contribution in [3.63, 3.8) is 0 Å². The van der Waals surface area contributed by atoms with E-state index in [0.717, 1.165) is 54.3 Å². The van der Waals surface area contributed by atoms with Crippen LogP contribution in [0.3, 0.4) is 0 Å². The minimum atomic E-state index is 0.695. The van der Waals surface area contributed by atoms with E-state index in [1.54, 1.807) is 0 Å². The topological polar surface area (TPSA) is 37.4 Å². The number of hydrogen-bond donors (Lipinski definition) is 1. The maximum atomic E-state index is 6.38. The lowest BCUT2D eigenvalue weighted by molar-refractivity contribution is 0.122. The maximum absolute atomic E-state index is 6.38. The van der Waals surface area contributed by atoms with Crippen molar-refractivity contribution in [3.05, 3.63) is 59.8 Å². The highest BCUT2D eigenvalue weighted by Gasteiger charge is 2.13. The molecule has 1 N–H and O–H groups in total. The molecule has 0 unspecified atom stereocenters. The van der Waals surface area contributed by atoms with Crippen molar-refractivity contribution in [2.24, 2.45) is 0 Å². The Morgan fingerprint density at radius 2 is 1.88 bits per heavy atom. The number of halogens is 1. The quantitative estimate of drug-likeness (QED) is 0.764. The molecule has 3 aromatic rings. The molecule has 0 atom stereocenters. The van der Waals surface area contributed by atoms with Crippen LogP contribution in [0.2, 0.25) is 5.02 Å². The molecule has 2 heterocycles. The molecule has 2 aromatic carbocycles. The second kappa shape index (κ2) is 6.67. The Balaban J connectivity index is 1.62. The molecule has 1 aliphatic heterocycles. The van der Waals surface area contributed by atoms with Crippen molar-refractivity contribution in [2.75, 3.05) is 36.5 Å². The third kappa shape index (κ3) is 3.16. The minimum Gasteiger partial charge on any atom is -0.378 e. The molecule has 24 heavy (non-hydrogen) atoms. The molecule has 0 bridgehead atoms. The number of morpholine rings is 1. The highest BCUT2D eigenvalue weighted by molar-refractivity contribution is 6.33. The van der Waals surface area contributed by atoms with Gasteiger partial charge in [0, 0.05) is 24.2 Å². The van der Waals surface area contributed by atoms with Crippen molar-refractivity contribution >= 4 is 39.6 Å². The lowest BCUT2D eigenvalue weighted by Gasteiger charge is -2.29. The summed E-state index contributed by atoms with van der Waals surface area (Å²) < 4.78 is 5.42. The predicted octanol–water partition coefficient (Wildman–Crippen LogP) is 4.47. The third-order valence-electron chi connectivity index (χ3n) is 4.20. The SMILES string of the molecule is Clc1ccc(N2CCOCC2)cc1Nc1cnc2ccccc2c1. The Bertz CT molecular complexity index is 862. The Labute approximate surface area is 146 Å². The van der Waals surface area contributed by atoms with Crippen LogP contribution in [0.25, 0.3) is 10.9 Å². The Morgan fingerprint density at radius 3 is 2.75 bits per heavy atom. The smallest absolute Gasteiger partial charge is 0.0703 e. The van der Waals surface area contributed by atoms with Gasteiger partial charge in [-0.1, -0.05) is 29.8 Å². The number of nitrogens with zero attached hydrogens (tertiary/aromatic N) is 2. The molecule has 0 saturated carbocycles. The number of fused-ring (bicyclic) bond motifs is 1. The van der Waals surface area contributed by atoms with Gasteiger partial charge in [0.1, 0.15) is 0 Å². The van der Waals surface area contributed by atoms with Crippen LogP contribution in [-0.2, 0) is 4.74 Å². The summed E-state index contributed by atoms with van der Waals surface area (Å²) >= 11 is 6.38. The molecule has 4 nitrogen and oxygen atoms in total. The van der Waals surface area contributed by atoms with Crippen molar-refractivity contribution < 1.29 is 4.74 Å². The number of ether oxygens (including phenoxy) is 1. The average Bonchev–Trinajstić information content (AvgIpc) is 2.64. The fourth-order valence-corrected chi connectivity index (χ4v) is 3.09. The minimum absolute atomic E-state index is 0.695. The van der Waals surface area contributed by atoms with E-state index in [2.05, 4.69) is 39.5 Å². The van der Waals surface area contributed by atoms with E-state index in [1.165, 1.54) is 0 Å². The summed E-state index contributed by atoms with van der Waals surface area (Å²) in [6, 6.07) is 16.2. The van der Waals surface area contributed by atoms with Crippen molar-refractivity contribution in [3.8, 4) is 0 Å². The lowest BCUT2D eigenvalue weighted by atomic mass is 10.2. The molecule has 0 radical (unpaired) electrons. The number of aromatic nitrogens is 1. The van der Waals surface area contributed by atoms with E-state index in [0.29, 0.717) is 5.02 Å². The van der Waals surface area contributed by atoms with Crippen molar-refractivity contribution in [1.82, 2.24) is 4.98 Å². The van der Waals surface area contributed by atoms with Gasteiger partial charge in [-0.05, 0) is 30.3 Å². The van der Waals surface area contributed by atoms with Crippen LogP contribution in [0, 0.1) is 0 Å². The second-order valence-electron chi connectivity index (χ2n) is 5.81. The van der Waals surface area contributed by atoms with Gasteiger partial charge < -0.3 is 15.0 Å². The van der Waals surface area contributed by atoms with Crippen molar-refractivity contribution in [2.45, 2.75) is 0 Å². The van der Waals surface area contributed by atoms with Crippen LogP contribution in [0.15, 0.2) is 54.7 Å². The van der Waals surface area contributed by atoms with E-state index in [9.17, 15) is 0 Å². The number of anilines is 3. The number of para-hydroxylation sites is 1. The summed E-state index contributed by atoms with van der Waals surface area (Å²) in [5, 5.41) is 5.19. The van der Waals surface area contributed by atoms with Crippen LogP contribution in [-0.4, -0.2) is 31.3 Å². The first-order valence-electron chi connectivity index (χ1n) is 8.04. The zero-order valence-electron chi connectivity index (χ0n) is 13.2. The fourth-order valence-electron chi connectivity index (χ4n) is 2.92. The van der Waals surface area contributed by atoms with Gasteiger partial charge in [-0.2, -0.15) is 0 Å². The number of benzene rings is 2. The zero-order valence-corrected chi connectivity index (χ0v) is 14.0. The van der Waals surface area contributed by atoms with E-state index < -0.39 is 0 Å². The summed E-state index contributed by atoms with van der Waals surface area (Å²) in [5.41, 5.74) is 3.95. The molecule has 0 aliphatic carbocycles. The largest absolute Gasteiger partial charge is 0.378 e. The van der Waals surface area contributed by atoms with E-state index in [-0.39, 0.29) is 0 Å². The van der Waals surface area contributed by atoms with Crippen LogP contribution < -0.4 is 10.2 Å². The van der Waals surface area contributed by atoms with Crippen LogP contribution in [0.4, 0.5) is 17.1 Å². The highest BCUT2D eigenvalue weighted by Crippen LogP contribution is 2.31. The van der Waals surface area contributed by atoms with Gasteiger partial charge in [0.05, 0.1) is 41.3 Å². The lowest BCUT2D eigenvalue weighted by Crippen LogP contribution is -2.36. The fraction of sp³-hybridized carbons (Fsp3) is 0.211. The van der Waals surface area contributed by atoms with E-state index in [1.807, 2.05) is 30.5 Å². The zero-order chi connectivity index (χ0) is 16.4. The Morgan fingerprint density at radius 1 is 1.04 bits per heavy atom. The normalized spacial score (nSPS) is 14.8. The molecule has 4 rings (SSSR count). The van der Waals surface area contributed by atoms with Gasteiger partial charge in [-0.3, -0.25) is 4.98 Å². The highest BCUT2D eigenvalue weighted by atomic mass is 35.5. The number of nitrogens with one attached hydrogen (secondary N) is 1. The first-order valence-corrected chi connectivity index (χ1v) is 8.41. The van der Waals surface area contributed by atoms with Gasteiger partial charge in [0.15, 0.2) is 0 Å². The molecular formula is C19H18ClN3O. The Kier molecular flexibility index (Phi) is 4.24. The molecule has 1 fully saturated rings. The van der Waals surface area contributed by atoms with Gasteiger partial charge in [-0.25, -0.2) is 0 Å². The first-order chi connectivity index (χ1) is 11.8. The maximum Gasteiger partial charge on any atom is 0.0703 e. The third-order valence-corrected chi connectivity index (χ3v) is 4.53. The average molecular weight is 340 g/mol. The molecule has 1 saturated heterocycles. The first kappa shape index (κ1) is 15.2. The van der Waals surface area contributed by atoms with Crippen LogP contribution in [0.5, 0.6) is 0 Å². The predicted molar refractivity (Wildman–Crippen MR) is 99.5 cm³/mol. The standard InChI is InChI=1S/C19H18ClN3O/c20-17-6-5-16(23-7-9-24-10-8-23)12-19(17)22-15-11-14-3-1-2-4-18(14)21-13-15/h1-6,11-13,22H,7-10H2. The van der Waals surface area contributed by atoms with Crippen LogP contribution in [0.1, 0.15) is 0 Å². The van der Waals surface area contributed by atoms with Gasteiger partial charge in [-0.15, -0.1) is 0 Å². The van der Waals surface area contributed by atoms with Gasteiger partial charge in [0.25, 0.3) is 0 Å². The molecule has 0 amide bonds. The summed E-state index contributed by atoms with van der Waals surface area (Å²) in [4.78, 5) is 6.80. The molecule has 122 valence electrons. The summed E-state index contributed by atoms with van der Waals surface area (Å²) in [6.45, 7) is 3.33. The molecule has 1 aliphatic rings. The second-order valence-corrected chi connectivity index (χ2v) is 6.21. The van der Waals surface area contributed by atoms with Crippen LogP contribution >= 0.6 is 11.6 Å². The molecule has 0 spiro atoms. The summed E-state index contributed by atoms with van der Waals surface area (Å²) in [6.07, 6.45) is 1.83. The monoisotopic (exact) mass is 339 g/mol. The van der Waals surface area contributed by atoms with Gasteiger partial charge >= 0.3 is 0 Å². The molecule has 5 heteroatoms. The number of pyridine rings is 1. The molecular weight excluding hydrogens is 322 g/mol. The van der Waals surface area contributed by atoms with E-state index in [4.69, 9.17) is 16.3 Å². The number of hydrogen-bond acceptors (Lipinski definition) is 4. The van der Waals surface area contributed by atoms with E-state index >= 15 is 0 Å². The molecule has 1 aromatic heterocycles. The summed E-state index contributed by atoms with van der Waals surface area (Å²) in [5.74, 6) is 0. The van der Waals surface area contributed by atoms with Crippen molar-refractivity contribution in [1.29, 1.82) is 0 Å². The van der Waals surface area contributed by atoms with Gasteiger partial charge in [0.2, 0.25) is 0 Å². The Hall–Kier alpha value is -2.30. The summed E-state index contributed by atoms with van der Waals surface area (Å²) in [7, 11) is 0.